The Morgan fingerprint density at radius 2 is 1.57 bits per heavy atom. The highest BCUT2D eigenvalue weighted by Gasteiger charge is 2.25. The molecule has 154 valence electrons. The number of benzene rings is 1. The summed E-state index contributed by atoms with van der Waals surface area (Å²) in [7, 11) is 0. The van der Waals surface area contributed by atoms with Crippen LogP contribution in [0.3, 0.4) is 0 Å². The number of rotatable bonds is 6. The first-order valence-electron chi connectivity index (χ1n) is 9.59. The van der Waals surface area contributed by atoms with Crippen molar-refractivity contribution < 1.29 is 32.3 Å². The number of ether oxygens (including phenoxy) is 2. The van der Waals surface area contributed by atoms with E-state index < -0.39 is 11.9 Å². The Morgan fingerprint density at radius 1 is 0.933 bits per heavy atom. The minimum absolute atomic E-state index is 0.224. The predicted octanol–water partition coefficient (Wildman–Crippen LogP) is 5.60. The largest absolute Gasteiger partial charge is 0.465 e. The molecule has 0 amide bonds. The molecule has 3 aromatic heterocycles. The molecule has 30 heavy (non-hydrogen) atoms. The zero-order valence-electron chi connectivity index (χ0n) is 16.8. The number of esters is 2. The van der Waals surface area contributed by atoms with Crippen molar-refractivity contribution in [3.8, 4) is 0 Å². The number of furan rings is 3. The van der Waals surface area contributed by atoms with Crippen molar-refractivity contribution in [3.05, 3.63) is 58.9 Å². The molecule has 4 aromatic rings. The van der Waals surface area contributed by atoms with Gasteiger partial charge in [0.2, 0.25) is 0 Å². The minimum Gasteiger partial charge on any atom is -0.465 e. The summed E-state index contributed by atoms with van der Waals surface area (Å²) < 4.78 is 27.4. The van der Waals surface area contributed by atoms with Gasteiger partial charge in [0.15, 0.2) is 0 Å². The van der Waals surface area contributed by atoms with Crippen molar-refractivity contribution in [3.63, 3.8) is 0 Å². The summed E-state index contributed by atoms with van der Waals surface area (Å²) in [5.74, 6) is 0.389. The van der Waals surface area contributed by atoms with Crippen molar-refractivity contribution >= 4 is 46.0 Å². The minimum atomic E-state index is -0.511. The van der Waals surface area contributed by atoms with Gasteiger partial charge >= 0.3 is 11.9 Å². The van der Waals surface area contributed by atoms with Gasteiger partial charge in [0.25, 0.3) is 0 Å². The molecule has 0 spiro atoms. The van der Waals surface area contributed by atoms with Crippen LogP contribution in [0.2, 0.25) is 0 Å². The van der Waals surface area contributed by atoms with Crippen molar-refractivity contribution in [2.24, 2.45) is 0 Å². The Labute approximate surface area is 171 Å². The fourth-order valence-electron chi connectivity index (χ4n) is 3.36. The molecule has 0 fully saturated rings. The normalized spacial score (nSPS) is 11.6. The molecule has 0 aliphatic rings. The SMILES string of the molecule is CCOC(=O)c1c(C)oc2cc3c(C(=O)OCC)c(/C=C/c4ccco4)oc3cc12. The van der Waals surface area contributed by atoms with E-state index in [0.717, 1.165) is 0 Å². The summed E-state index contributed by atoms with van der Waals surface area (Å²) in [4.78, 5) is 25.0. The topological polar surface area (TPSA) is 92.0 Å². The smallest absolute Gasteiger partial charge is 0.342 e. The fourth-order valence-corrected chi connectivity index (χ4v) is 3.36. The highest BCUT2D eigenvalue weighted by Crippen LogP contribution is 2.35. The molecule has 4 rings (SSSR count). The summed E-state index contributed by atoms with van der Waals surface area (Å²) in [6.07, 6.45) is 4.89. The van der Waals surface area contributed by atoms with E-state index in [1.165, 1.54) is 0 Å². The van der Waals surface area contributed by atoms with E-state index in [4.69, 9.17) is 22.7 Å². The third kappa shape index (κ3) is 3.39. The first kappa shape index (κ1) is 19.6. The molecule has 0 unspecified atom stereocenters. The van der Waals surface area contributed by atoms with E-state index >= 15 is 0 Å². The van der Waals surface area contributed by atoms with Gasteiger partial charge in [-0.15, -0.1) is 0 Å². The van der Waals surface area contributed by atoms with Crippen LogP contribution in [0.15, 0.2) is 43.8 Å². The number of carbonyl (C=O) groups excluding carboxylic acids is 2. The van der Waals surface area contributed by atoms with Gasteiger partial charge in [-0.05, 0) is 57.2 Å². The van der Waals surface area contributed by atoms with Crippen LogP contribution in [0, 0.1) is 6.92 Å². The first-order valence-corrected chi connectivity index (χ1v) is 9.59. The first-order chi connectivity index (χ1) is 14.5. The quantitative estimate of drug-likeness (QED) is 0.383. The second-order valence-electron chi connectivity index (χ2n) is 6.51. The predicted molar refractivity (Wildman–Crippen MR) is 110 cm³/mol. The third-order valence-corrected chi connectivity index (χ3v) is 4.60. The lowest BCUT2D eigenvalue weighted by atomic mass is 10.1. The lowest BCUT2D eigenvalue weighted by Gasteiger charge is -2.01. The molecule has 7 nitrogen and oxygen atoms in total. The van der Waals surface area contributed by atoms with E-state index in [1.807, 2.05) is 0 Å². The number of fused-ring (bicyclic) bond motifs is 2. The zero-order chi connectivity index (χ0) is 21.3. The average molecular weight is 408 g/mol. The molecular formula is C23H20O7. The van der Waals surface area contributed by atoms with Gasteiger partial charge in [-0.1, -0.05) is 0 Å². The van der Waals surface area contributed by atoms with Gasteiger partial charge in [0.05, 0.1) is 19.5 Å². The van der Waals surface area contributed by atoms with Gasteiger partial charge in [-0.25, -0.2) is 9.59 Å². The maximum absolute atomic E-state index is 12.7. The van der Waals surface area contributed by atoms with E-state index in [2.05, 4.69) is 0 Å². The Bertz CT molecular complexity index is 1250. The summed E-state index contributed by atoms with van der Waals surface area (Å²) >= 11 is 0. The molecule has 0 saturated carbocycles. The van der Waals surface area contributed by atoms with Gasteiger partial charge in [-0.2, -0.15) is 0 Å². The second-order valence-corrected chi connectivity index (χ2v) is 6.51. The molecule has 0 bridgehead atoms. The molecular weight excluding hydrogens is 388 g/mol. The van der Waals surface area contributed by atoms with E-state index in [0.29, 0.717) is 44.8 Å². The van der Waals surface area contributed by atoms with Crippen LogP contribution in [0.5, 0.6) is 0 Å². The van der Waals surface area contributed by atoms with E-state index in [-0.39, 0.29) is 18.8 Å². The second kappa shape index (κ2) is 7.94. The van der Waals surface area contributed by atoms with Crippen LogP contribution >= 0.6 is 0 Å². The lowest BCUT2D eigenvalue weighted by molar-refractivity contribution is 0.0517. The highest BCUT2D eigenvalue weighted by molar-refractivity contribution is 6.13. The zero-order valence-corrected chi connectivity index (χ0v) is 16.8. The molecule has 0 N–H and O–H groups in total. The highest BCUT2D eigenvalue weighted by atomic mass is 16.5. The Balaban J connectivity index is 1.91. The summed E-state index contributed by atoms with van der Waals surface area (Å²) in [6, 6.07) is 6.91. The lowest BCUT2D eigenvalue weighted by Crippen LogP contribution is -2.05. The molecule has 0 atom stereocenters. The Morgan fingerprint density at radius 3 is 2.20 bits per heavy atom. The standard InChI is InChI=1S/C23H20O7/c1-4-26-22(24)20-13(3)29-18-12-16-19(11-15(18)20)30-17(21(16)23(25)27-5-2)9-8-14-7-6-10-28-14/h6-12H,4-5H2,1-3H3/b9-8+. The average Bonchev–Trinajstić information content (AvgIpc) is 3.41. The molecule has 0 radical (unpaired) electrons. The number of hydrogen-bond donors (Lipinski definition) is 0. The van der Waals surface area contributed by atoms with Crippen LogP contribution in [0.25, 0.3) is 34.1 Å². The van der Waals surface area contributed by atoms with Crippen molar-refractivity contribution in [1.29, 1.82) is 0 Å². The molecule has 3 heterocycles. The maximum Gasteiger partial charge on any atom is 0.342 e. The monoisotopic (exact) mass is 408 g/mol. The van der Waals surface area contributed by atoms with E-state index in [1.54, 1.807) is 63.5 Å². The van der Waals surface area contributed by atoms with E-state index in [9.17, 15) is 9.59 Å². The fraction of sp³-hybridized carbons (Fsp3) is 0.217. The molecule has 0 aliphatic heterocycles. The summed E-state index contributed by atoms with van der Waals surface area (Å²) in [5.41, 5.74) is 1.51. The van der Waals surface area contributed by atoms with Crippen LogP contribution in [-0.4, -0.2) is 25.2 Å². The van der Waals surface area contributed by atoms with Crippen LogP contribution in [-0.2, 0) is 9.47 Å². The molecule has 0 aliphatic carbocycles. The van der Waals surface area contributed by atoms with Crippen LogP contribution in [0.1, 0.15) is 51.8 Å². The van der Waals surface area contributed by atoms with Crippen LogP contribution in [0.4, 0.5) is 0 Å². The molecule has 0 saturated heterocycles. The molecule has 7 heteroatoms. The maximum atomic E-state index is 12.7. The third-order valence-electron chi connectivity index (χ3n) is 4.60. The van der Waals surface area contributed by atoms with Gasteiger partial charge < -0.3 is 22.7 Å². The Kier molecular flexibility index (Phi) is 5.18. The van der Waals surface area contributed by atoms with Gasteiger partial charge in [0, 0.05) is 10.8 Å². The van der Waals surface area contributed by atoms with Gasteiger partial charge in [-0.3, -0.25) is 0 Å². The number of aryl methyl sites for hydroxylation is 1. The molecule has 1 aromatic carbocycles. The summed E-state index contributed by atoms with van der Waals surface area (Å²) in [5, 5.41) is 1.09. The van der Waals surface area contributed by atoms with Crippen molar-refractivity contribution in [2.45, 2.75) is 20.8 Å². The van der Waals surface area contributed by atoms with Crippen molar-refractivity contribution in [1.82, 2.24) is 0 Å². The number of carbonyl (C=O) groups is 2. The summed E-state index contributed by atoms with van der Waals surface area (Å²) in [6.45, 7) is 5.64. The van der Waals surface area contributed by atoms with Crippen molar-refractivity contribution in [2.75, 3.05) is 13.2 Å². The van der Waals surface area contributed by atoms with Gasteiger partial charge in [0.1, 0.15) is 39.6 Å². The Hall–Kier alpha value is -3.74. The van der Waals surface area contributed by atoms with Crippen LogP contribution < -0.4 is 0 Å². The number of hydrogen-bond acceptors (Lipinski definition) is 7.